The number of nitrogens with zero attached hydrogens (tertiary/aromatic N) is 2. The second-order valence-electron chi connectivity index (χ2n) is 5.61. The molecule has 1 heterocycles. The third-order valence-electron chi connectivity index (χ3n) is 4.40. The van der Waals surface area contributed by atoms with Gasteiger partial charge in [0.2, 0.25) is 0 Å². The topological polar surface area (TPSA) is 26.7 Å². The van der Waals surface area contributed by atoms with Crippen LogP contribution in [0.4, 0.5) is 4.39 Å². The maximum atomic E-state index is 14.4. The molecule has 0 bridgehead atoms. The van der Waals surface area contributed by atoms with E-state index in [-0.39, 0.29) is 12.6 Å². The molecule has 3 rings (SSSR count). The van der Waals surface area contributed by atoms with Gasteiger partial charge in [0.1, 0.15) is 6.17 Å². The molecule has 0 spiro atoms. The van der Waals surface area contributed by atoms with Crippen LogP contribution in [0, 0.1) is 0 Å². The Bertz CT molecular complexity index is 477. The molecule has 0 radical (unpaired) electrons. The summed E-state index contributed by atoms with van der Waals surface area (Å²) in [7, 11) is 0. The number of aliphatic hydroxyl groups is 1. The first-order chi connectivity index (χ1) is 9.69. The lowest BCUT2D eigenvalue weighted by molar-refractivity contribution is 0.0553. The lowest BCUT2D eigenvalue weighted by Crippen LogP contribution is -2.49. The van der Waals surface area contributed by atoms with E-state index < -0.39 is 6.17 Å². The van der Waals surface area contributed by atoms with Gasteiger partial charge in [-0.3, -0.25) is 9.80 Å². The van der Waals surface area contributed by atoms with E-state index in [2.05, 4.69) is 31.8 Å². The van der Waals surface area contributed by atoms with E-state index in [0.717, 1.165) is 48.3 Å². The predicted molar refractivity (Wildman–Crippen MR) is 80.6 cm³/mol. The van der Waals surface area contributed by atoms with E-state index in [1.54, 1.807) is 0 Å². The van der Waals surface area contributed by atoms with Crippen LogP contribution in [-0.2, 0) is 6.42 Å². The lowest BCUT2D eigenvalue weighted by Gasteiger charge is -2.38. The zero-order valence-electron chi connectivity index (χ0n) is 11.4. The van der Waals surface area contributed by atoms with Crippen LogP contribution < -0.4 is 0 Å². The van der Waals surface area contributed by atoms with Gasteiger partial charge in [0.05, 0.1) is 12.6 Å². The number of aliphatic hydroxyl groups excluding tert-OH is 1. The van der Waals surface area contributed by atoms with E-state index in [1.165, 1.54) is 0 Å². The van der Waals surface area contributed by atoms with Gasteiger partial charge in [-0.25, -0.2) is 4.39 Å². The van der Waals surface area contributed by atoms with E-state index >= 15 is 0 Å². The van der Waals surface area contributed by atoms with Crippen LogP contribution >= 0.6 is 15.9 Å². The molecule has 1 aromatic rings. The number of benzene rings is 1. The van der Waals surface area contributed by atoms with Crippen molar-refractivity contribution in [3.63, 3.8) is 0 Å². The highest BCUT2D eigenvalue weighted by Crippen LogP contribution is 2.39. The van der Waals surface area contributed by atoms with E-state index in [0.29, 0.717) is 6.42 Å². The number of β-amino-alcohol motifs (C(OH)–C–C–N with tert-alkyl or cyclic N) is 1. The normalized spacial score (nSPS) is 27.8. The Morgan fingerprint density at radius 3 is 2.70 bits per heavy atom. The number of fused-ring (bicyclic) bond motifs is 1. The fourth-order valence-electron chi connectivity index (χ4n) is 3.39. The van der Waals surface area contributed by atoms with Crippen molar-refractivity contribution in [1.82, 2.24) is 9.80 Å². The molecule has 0 unspecified atom stereocenters. The zero-order chi connectivity index (χ0) is 14.1. The SMILES string of the molecule is OCCN1CCN([C@@H]2c3ccc(Br)cc3C[C@@H]2F)CC1. The Balaban J connectivity index is 1.72. The molecular formula is C15H20BrFN2O. The van der Waals surface area contributed by atoms with E-state index in [1.807, 2.05) is 12.1 Å². The molecule has 5 heteroatoms. The number of hydrogen-bond donors (Lipinski definition) is 1. The molecule has 0 amide bonds. The third kappa shape index (κ3) is 2.77. The smallest absolute Gasteiger partial charge is 0.124 e. The zero-order valence-corrected chi connectivity index (χ0v) is 13.0. The Labute approximate surface area is 127 Å². The average molecular weight is 343 g/mol. The number of piperazine rings is 1. The van der Waals surface area contributed by atoms with Crippen molar-refractivity contribution in [1.29, 1.82) is 0 Å². The van der Waals surface area contributed by atoms with Crippen molar-refractivity contribution in [3.05, 3.63) is 33.8 Å². The first-order valence-corrected chi connectivity index (χ1v) is 7.98. The molecule has 1 aliphatic carbocycles. The number of hydrogen-bond acceptors (Lipinski definition) is 3. The average Bonchev–Trinajstić information content (AvgIpc) is 2.75. The second kappa shape index (κ2) is 6.10. The molecule has 2 aliphatic rings. The van der Waals surface area contributed by atoms with Crippen LogP contribution in [0.1, 0.15) is 17.2 Å². The number of rotatable bonds is 3. The van der Waals surface area contributed by atoms with Gasteiger partial charge in [-0.1, -0.05) is 22.0 Å². The molecule has 1 aliphatic heterocycles. The van der Waals surface area contributed by atoms with Crippen LogP contribution in [0.15, 0.2) is 22.7 Å². The molecular weight excluding hydrogens is 323 g/mol. The van der Waals surface area contributed by atoms with Crippen LogP contribution in [0.25, 0.3) is 0 Å². The van der Waals surface area contributed by atoms with Crippen LogP contribution in [-0.4, -0.2) is 60.4 Å². The molecule has 0 aromatic heterocycles. The first-order valence-electron chi connectivity index (χ1n) is 7.18. The Morgan fingerprint density at radius 2 is 2.00 bits per heavy atom. The van der Waals surface area contributed by atoms with Crippen LogP contribution in [0.5, 0.6) is 0 Å². The summed E-state index contributed by atoms with van der Waals surface area (Å²) in [5.41, 5.74) is 2.28. The summed E-state index contributed by atoms with van der Waals surface area (Å²) in [4.78, 5) is 4.50. The highest BCUT2D eigenvalue weighted by Gasteiger charge is 2.37. The Hall–Kier alpha value is -0.490. The van der Waals surface area contributed by atoms with Crippen LogP contribution in [0.2, 0.25) is 0 Å². The van der Waals surface area contributed by atoms with Gasteiger partial charge in [-0.2, -0.15) is 0 Å². The summed E-state index contributed by atoms with van der Waals surface area (Å²) in [5.74, 6) is 0. The quantitative estimate of drug-likeness (QED) is 0.910. The van der Waals surface area contributed by atoms with Crippen molar-refractivity contribution >= 4 is 15.9 Å². The predicted octanol–water partition coefficient (Wildman–Crippen LogP) is 1.99. The monoisotopic (exact) mass is 342 g/mol. The maximum absolute atomic E-state index is 14.4. The molecule has 1 saturated heterocycles. The molecule has 3 nitrogen and oxygen atoms in total. The van der Waals surface area contributed by atoms with Gasteiger partial charge >= 0.3 is 0 Å². The third-order valence-corrected chi connectivity index (χ3v) is 4.89. The van der Waals surface area contributed by atoms with Crippen molar-refractivity contribution in [2.45, 2.75) is 18.6 Å². The highest BCUT2D eigenvalue weighted by molar-refractivity contribution is 9.10. The molecule has 1 N–H and O–H groups in total. The summed E-state index contributed by atoms with van der Waals surface area (Å²) in [5, 5.41) is 8.97. The van der Waals surface area contributed by atoms with E-state index in [4.69, 9.17) is 5.11 Å². The number of halogens is 2. The summed E-state index contributed by atoms with van der Waals surface area (Å²) in [6.07, 6.45) is -0.278. The fourth-order valence-corrected chi connectivity index (χ4v) is 3.80. The second-order valence-corrected chi connectivity index (χ2v) is 6.52. The number of alkyl halides is 1. The van der Waals surface area contributed by atoms with Gasteiger partial charge in [-0.05, 0) is 23.3 Å². The lowest BCUT2D eigenvalue weighted by atomic mass is 10.1. The van der Waals surface area contributed by atoms with Crippen molar-refractivity contribution < 1.29 is 9.50 Å². The fraction of sp³-hybridized carbons (Fsp3) is 0.600. The van der Waals surface area contributed by atoms with Gasteiger partial charge in [0.25, 0.3) is 0 Å². The molecule has 20 heavy (non-hydrogen) atoms. The molecule has 1 aromatic carbocycles. The minimum atomic E-state index is -0.802. The molecule has 2 atom stereocenters. The molecule has 1 fully saturated rings. The van der Waals surface area contributed by atoms with Gasteiger partial charge < -0.3 is 5.11 Å². The largest absolute Gasteiger partial charge is 0.395 e. The van der Waals surface area contributed by atoms with Gasteiger partial charge in [0.15, 0.2) is 0 Å². The summed E-state index contributed by atoms with van der Waals surface area (Å²) in [6, 6.07) is 6.02. The van der Waals surface area contributed by atoms with Crippen molar-refractivity contribution in [2.75, 3.05) is 39.3 Å². The van der Waals surface area contributed by atoms with Crippen LogP contribution in [0.3, 0.4) is 0 Å². The minimum absolute atomic E-state index is 0.0885. The first kappa shape index (κ1) is 14.4. The standard InChI is InChI=1S/C15H20BrFN2O/c16-12-1-2-13-11(9-12)10-14(17)15(13)19-5-3-18(4-6-19)7-8-20/h1-2,9,14-15,20H,3-8,10H2/t14-,15+/m0/s1. The highest BCUT2D eigenvalue weighted by atomic mass is 79.9. The molecule has 110 valence electrons. The van der Waals surface area contributed by atoms with Crippen molar-refractivity contribution in [3.8, 4) is 0 Å². The van der Waals surface area contributed by atoms with Crippen molar-refractivity contribution in [2.24, 2.45) is 0 Å². The summed E-state index contributed by atoms with van der Waals surface area (Å²) in [6.45, 7) is 4.50. The molecule has 0 saturated carbocycles. The van der Waals surface area contributed by atoms with Gasteiger partial charge in [0, 0.05) is 43.6 Å². The summed E-state index contributed by atoms with van der Waals surface area (Å²) >= 11 is 3.46. The summed E-state index contributed by atoms with van der Waals surface area (Å²) < 4.78 is 15.5. The Morgan fingerprint density at radius 1 is 1.25 bits per heavy atom. The maximum Gasteiger partial charge on any atom is 0.124 e. The minimum Gasteiger partial charge on any atom is -0.395 e. The Kier molecular flexibility index (Phi) is 4.40. The van der Waals surface area contributed by atoms with Gasteiger partial charge in [-0.15, -0.1) is 0 Å². The van der Waals surface area contributed by atoms with E-state index in [9.17, 15) is 4.39 Å².